The maximum absolute atomic E-state index is 13.3. The summed E-state index contributed by atoms with van der Waals surface area (Å²) in [5, 5.41) is 0.521. The van der Waals surface area contributed by atoms with Crippen molar-refractivity contribution in [2.45, 2.75) is 26.4 Å². The lowest BCUT2D eigenvalue weighted by Crippen LogP contribution is -2.39. The van der Waals surface area contributed by atoms with E-state index in [1.54, 1.807) is 17.5 Å². The Labute approximate surface area is 178 Å². The fraction of sp³-hybridized carbons (Fsp3) is 0.381. The van der Waals surface area contributed by atoms with Crippen LogP contribution in [0.25, 0.3) is 16.9 Å². The molecule has 158 valence electrons. The predicted molar refractivity (Wildman–Crippen MR) is 119 cm³/mol. The average Bonchev–Trinajstić information content (AvgIpc) is 3.20. The van der Waals surface area contributed by atoms with Crippen LogP contribution in [0.15, 0.2) is 40.1 Å². The van der Waals surface area contributed by atoms with Crippen LogP contribution in [-0.4, -0.2) is 48.6 Å². The molecule has 8 nitrogen and oxygen atoms in total. The number of hydrogen-bond donors (Lipinski definition) is 0. The maximum atomic E-state index is 13.3. The highest BCUT2D eigenvalue weighted by Crippen LogP contribution is 2.18. The summed E-state index contributed by atoms with van der Waals surface area (Å²) in [6, 6.07) is 7.22. The molecule has 9 heteroatoms. The molecule has 0 atom stereocenters. The summed E-state index contributed by atoms with van der Waals surface area (Å²) in [7, 11) is 5.72. The van der Waals surface area contributed by atoms with Crippen LogP contribution < -0.4 is 11.2 Å². The van der Waals surface area contributed by atoms with E-state index in [-0.39, 0.29) is 12.1 Å². The van der Waals surface area contributed by atoms with Crippen molar-refractivity contribution < 1.29 is 0 Å². The highest BCUT2D eigenvalue weighted by atomic mass is 35.5. The molecule has 0 spiro atoms. The van der Waals surface area contributed by atoms with E-state index in [1.807, 2.05) is 45.4 Å². The van der Waals surface area contributed by atoms with Gasteiger partial charge in [0.2, 0.25) is 5.78 Å². The molecule has 0 saturated heterocycles. The Morgan fingerprint density at radius 2 is 1.87 bits per heavy atom. The predicted octanol–water partition coefficient (Wildman–Crippen LogP) is 2.11. The van der Waals surface area contributed by atoms with Crippen LogP contribution in [0.5, 0.6) is 0 Å². The van der Waals surface area contributed by atoms with Crippen LogP contribution in [0.4, 0.5) is 0 Å². The molecule has 4 aromatic rings. The highest BCUT2D eigenvalue weighted by Gasteiger charge is 2.20. The van der Waals surface area contributed by atoms with Crippen molar-refractivity contribution in [3.8, 4) is 0 Å². The lowest BCUT2D eigenvalue weighted by atomic mass is 10.2. The molecule has 0 unspecified atom stereocenters. The third-order valence-electron chi connectivity index (χ3n) is 5.41. The lowest BCUT2D eigenvalue weighted by molar-refractivity contribution is 0.387. The Bertz CT molecular complexity index is 1360. The van der Waals surface area contributed by atoms with Gasteiger partial charge in [0.15, 0.2) is 11.2 Å². The zero-order valence-corrected chi connectivity index (χ0v) is 18.3. The van der Waals surface area contributed by atoms with Crippen LogP contribution in [0.1, 0.15) is 17.7 Å². The molecule has 3 aromatic heterocycles. The second-order valence-corrected chi connectivity index (χ2v) is 8.26. The van der Waals surface area contributed by atoms with Gasteiger partial charge in [-0.3, -0.25) is 18.3 Å². The molecule has 30 heavy (non-hydrogen) atoms. The Hall–Kier alpha value is -2.84. The molecule has 1 aromatic carbocycles. The van der Waals surface area contributed by atoms with Gasteiger partial charge in [0.25, 0.3) is 5.56 Å². The molecule has 0 amide bonds. The number of aryl methyl sites for hydroxylation is 3. The van der Waals surface area contributed by atoms with Crippen LogP contribution in [0.2, 0.25) is 5.02 Å². The molecule has 0 N–H and O–H groups in total. The third kappa shape index (κ3) is 3.36. The number of hydrogen-bond acceptors (Lipinski definition) is 4. The van der Waals surface area contributed by atoms with E-state index in [9.17, 15) is 9.59 Å². The largest absolute Gasteiger partial charge is 0.332 e. The third-order valence-corrected chi connectivity index (χ3v) is 5.78. The van der Waals surface area contributed by atoms with Crippen molar-refractivity contribution in [2.24, 2.45) is 7.05 Å². The Morgan fingerprint density at radius 3 is 2.57 bits per heavy atom. The zero-order valence-electron chi connectivity index (χ0n) is 17.6. The number of fused-ring (bicyclic) bond motifs is 3. The standard InChI is InChI=1S/C21H25ClN6O2/c1-14-12-27-17-18(23-20(27)26(14)11-7-10-24(2)3)25(4)21(30)28(19(17)29)13-15-8-5-6-9-16(15)22/h5-6,8-9,12H,7,10-11,13H2,1-4H3. The van der Waals surface area contributed by atoms with Crippen molar-refractivity contribution in [3.05, 3.63) is 67.6 Å². The van der Waals surface area contributed by atoms with Crippen molar-refractivity contribution in [2.75, 3.05) is 20.6 Å². The van der Waals surface area contributed by atoms with Gasteiger partial charge in [0, 0.05) is 30.5 Å². The monoisotopic (exact) mass is 428 g/mol. The molecular formula is C21H25ClN6O2. The fourth-order valence-electron chi connectivity index (χ4n) is 3.81. The molecule has 3 heterocycles. The molecule has 0 aliphatic heterocycles. The number of nitrogens with zero attached hydrogens (tertiary/aromatic N) is 6. The van der Waals surface area contributed by atoms with Crippen LogP contribution in [-0.2, 0) is 20.1 Å². The quantitative estimate of drug-likeness (QED) is 0.471. The van der Waals surface area contributed by atoms with Gasteiger partial charge in [-0.25, -0.2) is 4.79 Å². The number of halogens is 1. The summed E-state index contributed by atoms with van der Waals surface area (Å²) >= 11 is 6.26. The Kier molecular flexibility index (Phi) is 5.29. The first-order chi connectivity index (χ1) is 14.3. The van der Waals surface area contributed by atoms with E-state index in [1.165, 1.54) is 9.13 Å². The van der Waals surface area contributed by atoms with Gasteiger partial charge < -0.3 is 9.47 Å². The number of rotatable bonds is 6. The molecule has 0 aliphatic rings. The fourth-order valence-corrected chi connectivity index (χ4v) is 4.01. The molecular weight excluding hydrogens is 404 g/mol. The van der Waals surface area contributed by atoms with Gasteiger partial charge in [-0.15, -0.1) is 0 Å². The van der Waals surface area contributed by atoms with Gasteiger partial charge in [0.1, 0.15) is 0 Å². The second-order valence-electron chi connectivity index (χ2n) is 7.86. The van der Waals surface area contributed by atoms with E-state index in [0.717, 1.165) is 30.8 Å². The molecule has 0 aliphatic carbocycles. The first kappa shape index (κ1) is 20.4. The summed E-state index contributed by atoms with van der Waals surface area (Å²) in [5.74, 6) is 0.670. The topological polar surface area (TPSA) is 69.5 Å². The minimum atomic E-state index is -0.413. The van der Waals surface area contributed by atoms with Crippen molar-refractivity contribution in [3.63, 3.8) is 0 Å². The minimum Gasteiger partial charge on any atom is -0.314 e. The minimum absolute atomic E-state index is 0.108. The average molecular weight is 429 g/mol. The zero-order chi connectivity index (χ0) is 21.6. The highest BCUT2D eigenvalue weighted by molar-refractivity contribution is 6.31. The second kappa shape index (κ2) is 7.77. The SMILES string of the molecule is Cc1cn2c3c(=O)n(Cc4ccccc4Cl)c(=O)n(C)c3nc2n1CCCN(C)C. The summed E-state index contributed by atoms with van der Waals surface area (Å²) in [6.07, 6.45) is 2.86. The van der Waals surface area contributed by atoms with Crippen molar-refractivity contribution in [1.82, 2.24) is 28.0 Å². The van der Waals surface area contributed by atoms with E-state index >= 15 is 0 Å². The van der Waals surface area contributed by atoms with Gasteiger partial charge in [-0.2, -0.15) is 4.98 Å². The van der Waals surface area contributed by atoms with Crippen LogP contribution >= 0.6 is 11.6 Å². The number of imidazole rings is 2. The first-order valence-corrected chi connectivity index (χ1v) is 10.2. The number of aromatic nitrogens is 5. The smallest absolute Gasteiger partial charge is 0.314 e. The molecule has 0 bridgehead atoms. The molecule has 0 fully saturated rings. The van der Waals surface area contributed by atoms with E-state index < -0.39 is 5.69 Å². The molecule has 0 saturated carbocycles. The Balaban J connectivity index is 1.89. The van der Waals surface area contributed by atoms with Gasteiger partial charge in [-0.1, -0.05) is 29.8 Å². The van der Waals surface area contributed by atoms with Crippen LogP contribution in [0.3, 0.4) is 0 Å². The summed E-state index contributed by atoms with van der Waals surface area (Å²) in [4.78, 5) is 33.1. The van der Waals surface area contributed by atoms with Crippen molar-refractivity contribution in [1.29, 1.82) is 0 Å². The van der Waals surface area contributed by atoms with Gasteiger partial charge in [0.05, 0.1) is 6.54 Å². The van der Waals surface area contributed by atoms with E-state index in [2.05, 4.69) is 14.5 Å². The van der Waals surface area contributed by atoms with Gasteiger partial charge in [-0.05, 0) is 45.6 Å². The van der Waals surface area contributed by atoms with E-state index in [4.69, 9.17) is 11.6 Å². The summed E-state index contributed by atoms with van der Waals surface area (Å²) < 4.78 is 6.54. The Morgan fingerprint density at radius 1 is 1.13 bits per heavy atom. The summed E-state index contributed by atoms with van der Waals surface area (Å²) in [6.45, 7) is 3.84. The van der Waals surface area contributed by atoms with Gasteiger partial charge >= 0.3 is 5.69 Å². The molecule has 0 radical (unpaired) electrons. The lowest BCUT2D eigenvalue weighted by Gasteiger charge is -2.10. The van der Waals surface area contributed by atoms with Crippen molar-refractivity contribution >= 4 is 28.5 Å². The van der Waals surface area contributed by atoms with Crippen LogP contribution in [0, 0.1) is 6.92 Å². The maximum Gasteiger partial charge on any atom is 0.332 e. The summed E-state index contributed by atoms with van der Waals surface area (Å²) in [5.41, 5.74) is 1.74. The first-order valence-electron chi connectivity index (χ1n) is 9.85. The van der Waals surface area contributed by atoms with E-state index in [0.29, 0.717) is 22.0 Å². The number of benzene rings is 1. The normalized spacial score (nSPS) is 11.9. The molecule has 4 rings (SSSR count).